The van der Waals surface area contributed by atoms with Crippen LogP contribution < -0.4 is 9.47 Å². The van der Waals surface area contributed by atoms with Gasteiger partial charge in [-0.1, -0.05) is 0 Å². The van der Waals surface area contributed by atoms with Crippen LogP contribution in [-0.2, 0) is 11.8 Å². The van der Waals surface area contributed by atoms with Gasteiger partial charge in [0.2, 0.25) is 0 Å². The summed E-state index contributed by atoms with van der Waals surface area (Å²) in [5, 5.41) is 4.42. The number of nitrogens with zero attached hydrogens (tertiary/aromatic N) is 2. The monoisotopic (exact) mass is 374 g/mol. The van der Waals surface area contributed by atoms with Gasteiger partial charge in [0, 0.05) is 17.2 Å². The maximum Gasteiger partial charge on any atom is 0.416 e. The zero-order valence-corrected chi connectivity index (χ0v) is 15.0. The molecule has 0 bridgehead atoms. The van der Waals surface area contributed by atoms with E-state index < -0.39 is 17.3 Å². The van der Waals surface area contributed by atoms with E-state index >= 15 is 0 Å². The molecule has 0 amide bonds. The summed E-state index contributed by atoms with van der Waals surface area (Å²) in [6.45, 7) is 3.85. The molecule has 1 aromatic heterocycles. The van der Waals surface area contributed by atoms with Crippen molar-refractivity contribution in [2.45, 2.75) is 25.6 Å². The molecule has 0 unspecified atom stereocenters. The molecule has 140 valence electrons. The Morgan fingerprint density at radius 1 is 1.07 bits per heavy atom. The van der Waals surface area contributed by atoms with Crippen molar-refractivity contribution in [3.63, 3.8) is 0 Å². The van der Waals surface area contributed by atoms with Crippen LogP contribution in [0.4, 0.5) is 13.2 Å². The Bertz CT molecular complexity index is 1010. The lowest BCUT2D eigenvalue weighted by molar-refractivity contribution is -0.137. The molecule has 7 heteroatoms. The van der Waals surface area contributed by atoms with Crippen molar-refractivity contribution in [2.24, 2.45) is 0 Å². The topological polar surface area (TPSA) is 36.3 Å². The smallest absolute Gasteiger partial charge is 0.416 e. The van der Waals surface area contributed by atoms with E-state index in [-0.39, 0.29) is 0 Å². The summed E-state index contributed by atoms with van der Waals surface area (Å²) in [6, 6.07) is 10.4. The predicted molar refractivity (Wildman–Crippen MR) is 94.2 cm³/mol. The van der Waals surface area contributed by atoms with Crippen LogP contribution in [0, 0.1) is 0 Å². The van der Waals surface area contributed by atoms with Crippen molar-refractivity contribution in [1.29, 1.82) is 0 Å². The zero-order valence-electron chi connectivity index (χ0n) is 15.0. The van der Waals surface area contributed by atoms with Gasteiger partial charge in [-0.2, -0.15) is 18.3 Å². The van der Waals surface area contributed by atoms with E-state index in [1.807, 2.05) is 26.0 Å². The number of methoxy groups -OCH3 is 1. The van der Waals surface area contributed by atoms with E-state index in [0.717, 1.165) is 29.0 Å². The van der Waals surface area contributed by atoms with Crippen LogP contribution in [0.1, 0.15) is 25.0 Å². The van der Waals surface area contributed by atoms with Crippen molar-refractivity contribution >= 4 is 0 Å². The summed E-state index contributed by atoms with van der Waals surface area (Å²) < 4.78 is 51.6. The van der Waals surface area contributed by atoms with Crippen LogP contribution in [0.15, 0.2) is 48.7 Å². The summed E-state index contributed by atoms with van der Waals surface area (Å²) in [5.41, 5.74) is 1.68. The van der Waals surface area contributed by atoms with Crippen molar-refractivity contribution in [3.8, 4) is 28.4 Å². The third kappa shape index (κ3) is 2.83. The van der Waals surface area contributed by atoms with Crippen LogP contribution >= 0.6 is 0 Å². The van der Waals surface area contributed by atoms with E-state index in [2.05, 4.69) is 5.10 Å². The molecule has 0 N–H and O–H groups in total. The summed E-state index contributed by atoms with van der Waals surface area (Å²) in [5.74, 6) is 1.30. The van der Waals surface area contributed by atoms with Crippen LogP contribution in [0.2, 0.25) is 0 Å². The molecule has 4 nitrogen and oxygen atoms in total. The highest BCUT2D eigenvalue weighted by atomic mass is 19.4. The van der Waals surface area contributed by atoms with Crippen molar-refractivity contribution < 1.29 is 22.6 Å². The first kappa shape index (κ1) is 17.5. The van der Waals surface area contributed by atoms with Gasteiger partial charge in [0.05, 0.1) is 30.3 Å². The Hall–Kier alpha value is -2.96. The summed E-state index contributed by atoms with van der Waals surface area (Å²) in [6.07, 6.45) is -2.68. The van der Waals surface area contributed by atoms with Gasteiger partial charge in [0.1, 0.15) is 17.1 Å². The second kappa shape index (κ2) is 5.77. The molecule has 0 saturated heterocycles. The third-order valence-corrected chi connectivity index (χ3v) is 4.67. The van der Waals surface area contributed by atoms with Gasteiger partial charge < -0.3 is 9.47 Å². The second-order valence-corrected chi connectivity index (χ2v) is 6.84. The lowest BCUT2D eigenvalue weighted by Gasteiger charge is -2.33. The zero-order chi connectivity index (χ0) is 19.4. The van der Waals surface area contributed by atoms with Crippen molar-refractivity contribution in [2.75, 3.05) is 7.11 Å². The number of rotatable bonds is 2. The molecule has 0 aliphatic carbocycles. The molecular weight excluding hydrogens is 357 g/mol. The van der Waals surface area contributed by atoms with Gasteiger partial charge >= 0.3 is 6.18 Å². The Balaban J connectivity index is 1.88. The Kier molecular flexibility index (Phi) is 3.73. The standard InChI is InChI=1S/C20H17F3N2O2/c1-19(2)16-11-24-25(13-6-4-12(5-7-13)20(21,22)23)18(16)15-9-8-14(26-3)10-17(15)27-19/h4-11H,1-3H3. The maximum atomic E-state index is 12.9. The van der Waals surface area contributed by atoms with Gasteiger partial charge in [-0.15, -0.1) is 0 Å². The van der Waals surface area contributed by atoms with Gasteiger partial charge in [0.25, 0.3) is 0 Å². The molecule has 27 heavy (non-hydrogen) atoms. The quantitative estimate of drug-likeness (QED) is 0.619. The highest BCUT2D eigenvalue weighted by Crippen LogP contribution is 2.47. The Morgan fingerprint density at radius 2 is 1.78 bits per heavy atom. The maximum absolute atomic E-state index is 12.9. The van der Waals surface area contributed by atoms with Gasteiger partial charge in [0.15, 0.2) is 0 Å². The second-order valence-electron chi connectivity index (χ2n) is 6.84. The average Bonchev–Trinajstić information content (AvgIpc) is 3.06. The number of ether oxygens (including phenoxy) is 2. The largest absolute Gasteiger partial charge is 0.497 e. The Morgan fingerprint density at radius 3 is 2.41 bits per heavy atom. The normalized spacial score (nSPS) is 14.9. The number of halogens is 3. The van der Waals surface area contributed by atoms with E-state index in [9.17, 15) is 13.2 Å². The Labute approximate surface area is 154 Å². The fourth-order valence-electron chi connectivity index (χ4n) is 3.28. The highest BCUT2D eigenvalue weighted by Gasteiger charge is 2.36. The van der Waals surface area contributed by atoms with Gasteiger partial charge in [-0.3, -0.25) is 0 Å². The van der Waals surface area contributed by atoms with E-state index in [4.69, 9.17) is 9.47 Å². The van der Waals surface area contributed by atoms with Crippen LogP contribution in [0.25, 0.3) is 16.9 Å². The number of aromatic nitrogens is 2. The summed E-state index contributed by atoms with van der Waals surface area (Å²) in [7, 11) is 1.58. The van der Waals surface area contributed by atoms with Gasteiger partial charge in [-0.25, -0.2) is 4.68 Å². The number of alkyl halides is 3. The fourth-order valence-corrected chi connectivity index (χ4v) is 3.28. The van der Waals surface area contributed by atoms with Crippen LogP contribution in [-0.4, -0.2) is 16.9 Å². The minimum Gasteiger partial charge on any atom is -0.497 e. The molecule has 0 atom stereocenters. The van der Waals surface area contributed by atoms with E-state index in [1.165, 1.54) is 12.1 Å². The first-order valence-electron chi connectivity index (χ1n) is 8.34. The number of hydrogen-bond donors (Lipinski definition) is 0. The molecule has 0 fully saturated rings. The average molecular weight is 374 g/mol. The summed E-state index contributed by atoms with van der Waals surface area (Å²) in [4.78, 5) is 0. The molecule has 1 aliphatic rings. The molecule has 3 aromatic rings. The highest BCUT2D eigenvalue weighted by molar-refractivity contribution is 5.76. The molecule has 2 aromatic carbocycles. The number of fused-ring (bicyclic) bond motifs is 3. The number of benzene rings is 2. The molecule has 4 rings (SSSR count). The van der Waals surface area contributed by atoms with E-state index in [0.29, 0.717) is 17.2 Å². The third-order valence-electron chi connectivity index (χ3n) is 4.67. The lowest BCUT2D eigenvalue weighted by Crippen LogP contribution is -2.29. The fraction of sp³-hybridized carbons (Fsp3) is 0.250. The predicted octanol–water partition coefficient (Wildman–Crippen LogP) is 5.19. The molecule has 0 radical (unpaired) electrons. The minimum absolute atomic E-state index is 0.545. The molecular formula is C20H17F3N2O2. The molecule has 0 saturated carbocycles. The van der Waals surface area contributed by atoms with E-state index in [1.54, 1.807) is 24.1 Å². The number of hydrogen-bond acceptors (Lipinski definition) is 3. The summed E-state index contributed by atoms with van der Waals surface area (Å²) >= 11 is 0. The lowest BCUT2D eigenvalue weighted by atomic mass is 9.91. The van der Waals surface area contributed by atoms with Crippen molar-refractivity contribution in [1.82, 2.24) is 9.78 Å². The minimum atomic E-state index is -4.37. The molecule has 2 heterocycles. The first-order chi connectivity index (χ1) is 12.7. The van der Waals surface area contributed by atoms with Gasteiger partial charge in [-0.05, 0) is 50.2 Å². The van der Waals surface area contributed by atoms with Crippen molar-refractivity contribution in [3.05, 3.63) is 59.8 Å². The van der Waals surface area contributed by atoms with Crippen LogP contribution in [0.3, 0.4) is 0 Å². The SMILES string of the molecule is COc1ccc2c(c1)OC(C)(C)c1cnn(-c3ccc(C(F)(F)F)cc3)c1-2. The molecule has 1 aliphatic heterocycles. The first-order valence-corrected chi connectivity index (χ1v) is 8.34. The molecule has 0 spiro atoms. The van der Waals surface area contributed by atoms with Crippen LogP contribution in [0.5, 0.6) is 11.5 Å².